The summed E-state index contributed by atoms with van der Waals surface area (Å²) < 4.78 is 59.8. The smallest absolute Gasteiger partial charge is 0.437 e. The quantitative estimate of drug-likeness (QED) is 0.146. The Morgan fingerprint density at radius 3 is 2.10 bits per heavy atom. The number of carbonyl (C=O) groups is 2. The molecule has 17 heteroatoms. The minimum atomic E-state index is -4.78. The summed E-state index contributed by atoms with van der Waals surface area (Å²) in [6.07, 6.45) is -1.42. The first-order chi connectivity index (χ1) is 17.8. The second-order valence-corrected chi connectivity index (χ2v) is 12.8. The van der Waals surface area contributed by atoms with E-state index in [1.807, 2.05) is 0 Å². The van der Waals surface area contributed by atoms with Crippen molar-refractivity contribution in [3.63, 3.8) is 0 Å². The van der Waals surface area contributed by atoms with Crippen molar-refractivity contribution >= 4 is 32.0 Å². The van der Waals surface area contributed by atoms with Crippen LogP contribution in [0.1, 0.15) is 48.0 Å². The van der Waals surface area contributed by atoms with E-state index in [9.17, 15) is 29.2 Å². The number of nitrogens with one attached hydrogen (secondary N) is 1. The van der Waals surface area contributed by atoms with Crippen molar-refractivity contribution in [1.82, 2.24) is 9.55 Å². The lowest BCUT2D eigenvalue weighted by Crippen LogP contribution is -2.47. The van der Waals surface area contributed by atoms with Gasteiger partial charge in [0.05, 0.1) is 17.4 Å². The highest BCUT2D eigenvalue weighted by molar-refractivity contribution is 7.71. The van der Waals surface area contributed by atoms with Gasteiger partial charge >= 0.3 is 19.8 Å². The third kappa shape index (κ3) is 8.47. The molecule has 14 nitrogen and oxygen atoms in total. The zero-order valence-electron chi connectivity index (χ0n) is 22.4. The lowest BCUT2D eigenvalue weighted by molar-refractivity contribution is -0.246. The predicted molar refractivity (Wildman–Crippen MR) is 133 cm³/mol. The van der Waals surface area contributed by atoms with Crippen molar-refractivity contribution in [2.45, 2.75) is 65.6 Å². The Hall–Kier alpha value is -2.04. The second-order valence-electron chi connectivity index (χ2n) is 10.8. The number of aromatic nitrogens is 2. The predicted octanol–water partition coefficient (Wildman–Crippen LogP) is 2.25. The highest BCUT2D eigenvalue weighted by atomic mass is 32.1. The Labute approximate surface area is 228 Å². The molecule has 0 radical (unpaired) electrons. The normalized spacial score (nSPS) is 24.0. The van der Waals surface area contributed by atoms with E-state index >= 15 is 4.39 Å². The number of aliphatic hydroxyl groups is 2. The van der Waals surface area contributed by atoms with Crippen LogP contribution in [0.5, 0.6) is 0 Å². The van der Waals surface area contributed by atoms with Gasteiger partial charge in [0.25, 0.3) is 5.56 Å². The molecule has 2 heterocycles. The third-order valence-electron chi connectivity index (χ3n) is 5.30. The largest absolute Gasteiger partial charge is 0.480 e. The second kappa shape index (κ2) is 12.2. The van der Waals surface area contributed by atoms with Crippen LogP contribution >= 0.6 is 20.0 Å². The van der Waals surface area contributed by atoms with Gasteiger partial charge in [0, 0.05) is 18.7 Å². The number of hydrogen-bond donors (Lipinski definition) is 3. The molecule has 1 aliphatic rings. The van der Waals surface area contributed by atoms with Crippen LogP contribution in [0.15, 0.2) is 17.1 Å². The maximum atomic E-state index is 15.7. The van der Waals surface area contributed by atoms with Crippen molar-refractivity contribution in [1.29, 1.82) is 0 Å². The molecule has 3 N–H and O–H groups in total. The van der Waals surface area contributed by atoms with E-state index in [1.165, 1.54) is 0 Å². The third-order valence-corrected chi connectivity index (χ3v) is 6.89. The van der Waals surface area contributed by atoms with Crippen molar-refractivity contribution in [3.05, 3.63) is 27.4 Å². The molecule has 0 saturated carbocycles. The molecule has 1 fully saturated rings. The molecular weight excluding hydrogens is 566 g/mol. The van der Waals surface area contributed by atoms with E-state index in [0.717, 1.165) is 16.8 Å². The van der Waals surface area contributed by atoms with Crippen LogP contribution in [0.25, 0.3) is 0 Å². The van der Waals surface area contributed by atoms with E-state index in [0.29, 0.717) is 0 Å². The van der Waals surface area contributed by atoms with Gasteiger partial charge in [-0.25, -0.2) is 18.0 Å². The number of aliphatic hydroxyl groups excluding tert-OH is 2. The molecule has 2 rings (SSSR count). The summed E-state index contributed by atoms with van der Waals surface area (Å²) in [7, 11) is -4.78. The number of aromatic amines is 1. The summed E-state index contributed by atoms with van der Waals surface area (Å²) in [4.78, 5) is 37.8. The van der Waals surface area contributed by atoms with Crippen molar-refractivity contribution in [2.24, 2.45) is 10.8 Å². The Kier molecular flexibility index (Phi) is 10.4. The number of rotatable bonds is 11. The first-order valence-corrected chi connectivity index (χ1v) is 13.5. The first kappa shape index (κ1) is 33.2. The molecule has 222 valence electrons. The molecule has 1 saturated heterocycles. The summed E-state index contributed by atoms with van der Waals surface area (Å²) >= 11 is 5.04. The molecular formula is C22H34FN2O12PS. The summed E-state index contributed by atoms with van der Waals surface area (Å²) in [5.74, 6) is -4.33. The fourth-order valence-corrected chi connectivity index (χ4v) is 4.37. The molecule has 1 aliphatic heterocycles. The van der Waals surface area contributed by atoms with Crippen LogP contribution < -0.4 is 5.56 Å². The van der Waals surface area contributed by atoms with Gasteiger partial charge in [-0.1, -0.05) is 0 Å². The van der Waals surface area contributed by atoms with Gasteiger partial charge in [-0.05, 0) is 53.8 Å². The van der Waals surface area contributed by atoms with Gasteiger partial charge in [0.1, 0.15) is 12.7 Å². The highest BCUT2D eigenvalue weighted by Gasteiger charge is 2.58. The minimum absolute atomic E-state index is 0.278. The number of phosphoric acid groups is 1. The number of alkyl halides is 1. The molecule has 0 spiro atoms. The zero-order valence-corrected chi connectivity index (χ0v) is 24.1. The zero-order chi connectivity index (χ0) is 29.9. The number of H-pyrrole nitrogens is 1. The number of ether oxygens (including phenoxy) is 3. The molecule has 0 amide bonds. The van der Waals surface area contributed by atoms with Crippen LogP contribution in [0.3, 0.4) is 0 Å². The Morgan fingerprint density at radius 2 is 1.67 bits per heavy atom. The van der Waals surface area contributed by atoms with E-state index in [4.69, 9.17) is 40.0 Å². The molecule has 1 aromatic rings. The molecule has 0 unspecified atom stereocenters. The van der Waals surface area contributed by atoms with E-state index < -0.39 is 87.1 Å². The van der Waals surface area contributed by atoms with Gasteiger partial charge in [-0.2, -0.15) is 0 Å². The fraction of sp³-hybridized carbons (Fsp3) is 0.727. The number of hydrogen-bond acceptors (Lipinski definition) is 13. The fourth-order valence-electron chi connectivity index (χ4n) is 3.11. The van der Waals surface area contributed by atoms with Crippen LogP contribution in [-0.2, 0) is 47.7 Å². The van der Waals surface area contributed by atoms with Crippen LogP contribution in [0.2, 0.25) is 0 Å². The molecule has 1 aromatic heterocycles. The number of esters is 2. The molecule has 39 heavy (non-hydrogen) atoms. The maximum absolute atomic E-state index is 15.7. The summed E-state index contributed by atoms with van der Waals surface area (Å²) in [5, 5.41) is 20.6. The van der Waals surface area contributed by atoms with Gasteiger partial charge in [0.2, 0.25) is 19.4 Å². The van der Waals surface area contributed by atoms with Crippen LogP contribution in [0, 0.1) is 15.6 Å². The van der Waals surface area contributed by atoms with Gasteiger partial charge in [-0.3, -0.25) is 28.5 Å². The first-order valence-electron chi connectivity index (χ1n) is 11.7. The Balaban J connectivity index is 2.20. The molecule has 0 aromatic carbocycles. The number of nitrogens with zero attached hydrogens (tertiary/aromatic N) is 1. The van der Waals surface area contributed by atoms with E-state index in [-0.39, 0.29) is 4.77 Å². The van der Waals surface area contributed by atoms with Crippen molar-refractivity contribution in [3.8, 4) is 0 Å². The molecule has 0 aliphatic carbocycles. The minimum Gasteiger partial charge on any atom is -0.437 e. The number of phosphoric ester groups is 1. The number of carbonyl (C=O) groups excluding carboxylic acids is 2. The Bertz CT molecular complexity index is 1170. The van der Waals surface area contributed by atoms with Crippen LogP contribution in [-0.4, -0.2) is 70.5 Å². The summed E-state index contributed by atoms with van der Waals surface area (Å²) in [6.45, 7) is 5.37. The lowest BCUT2D eigenvalue weighted by atomic mass is 9.98. The summed E-state index contributed by atoms with van der Waals surface area (Å²) in [5.41, 5.74) is -4.61. The number of halogens is 1. The molecule has 3 atom stereocenters. The van der Waals surface area contributed by atoms with Crippen LogP contribution in [0.4, 0.5) is 4.39 Å². The maximum Gasteiger partial charge on any atom is 0.480 e. The lowest BCUT2D eigenvalue weighted by Gasteiger charge is -2.33. The standard InChI is InChI=1S/C22H34FN2O12PS/c1-19(2,3)16(29)32-12-35-38(31,36-13-33-17(30)20(4,5)6)34-11-21(23)9-14(27)22(10-26,37-21)25-8-7-15(28)24-18(25)39/h7-8,14,26-27H,9-13H2,1-6H3,(H,24,28,39)/t14-,21+,22-/m1/s1. The average molecular weight is 601 g/mol. The van der Waals surface area contributed by atoms with Gasteiger partial charge < -0.3 is 24.4 Å². The highest BCUT2D eigenvalue weighted by Crippen LogP contribution is 2.52. The average Bonchev–Trinajstić information content (AvgIpc) is 3.07. The van der Waals surface area contributed by atoms with Crippen molar-refractivity contribution in [2.75, 3.05) is 26.8 Å². The summed E-state index contributed by atoms with van der Waals surface area (Å²) in [6, 6.07) is 1.02. The van der Waals surface area contributed by atoms with E-state index in [2.05, 4.69) is 4.98 Å². The van der Waals surface area contributed by atoms with Gasteiger partial charge in [-0.15, -0.1) is 0 Å². The Morgan fingerprint density at radius 1 is 1.15 bits per heavy atom. The van der Waals surface area contributed by atoms with E-state index in [1.54, 1.807) is 41.5 Å². The topological polar surface area (TPSA) is 185 Å². The molecule has 0 bridgehead atoms. The monoisotopic (exact) mass is 600 g/mol. The SMILES string of the molecule is CC(C)(C)C(=O)OCOP(=O)(OCOC(=O)C(C)(C)C)OC[C@]1(F)C[C@@H](O)[C@](CO)(n2ccc(=O)[nH]c2=S)O1. The van der Waals surface area contributed by atoms with Crippen molar-refractivity contribution < 1.29 is 56.5 Å². The van der Waals surface area contributed by atoms with Gasteiger partial charge in [0.15, 0.2) is 10.5 Å².